The van der Waals surface area contributed by atoms with E-state index in [-0.39, 0.29) is 0 Å². The van der Waals surface area contributed by atoms with E-state index in [0.29, 0.717) is 12.1 Å². The highest BCUT2D eigenvalue weighted by molar-refractivity contribution is 6.74. The summed E-state index contributed by atoms with van der Waals surface area (Å²) in [5.41, 5.74) is 0. The van der Waals surface area contributed by atoms with Gasteiger partial charge in [-0.05, 0) is 60.9 Å². The number of hydrogen-bond acceptors (Lipinski definition) is 3. The molecule has 2 atom stereocenters. The van der Waals surface area contributed by atoms with Crippen LogP contribution in [-0.4, -0.2) is 68.9 Å². The van der Waals surface area contributed by atoms with Crippen LogP contribution in [0.2, 0.25) is 6.04 Å². The zero-order valence-electron chi connectivity index (χ0n) is 14.8. The molecule has 3 nitrogen and oxygen atoms in total. The molecule has 0 radical (unpaired) electrons. The Labute approximate surface area is 123 Å². The second-order valence-electron chi connectivity index (χ2n) is 6.31. The Kier molecular flexibility index (Phi) is 8.44. The number of hydrogen-bond donors (Lipinski definition) is 0. The Balaban J connectivity index is 5.25. The lowest BCUT2D eigenvalue weighted by Gasteiger charge is -2.47. The molecule has 0 aromatic heterocycles. The molecule has 0 aromatic rings. The van der Waals surface area contributed by atoms with Crippen LogP contribution in [0.25, 0.3) is 0 Å². The van der Waals surface area contributed by atoms with E-state index >= 15 is 0 Å². The standard InChI is InChI=1S/C15H37N3Si/c1-10-14(4)18(15(5)11-2)13-19(12-3,16(6)7)17(8)9/h14-15H,10-13H2,1-9H3. The molecule has 0 bridgehead atoms. The molecular formula is C15H37N3Si. The third-order valence-corrected chi connectivity index (χ3v) is 10.3. The molecular weight excluding hydrogens is 250 g/mol. The first-order chi connectivity index (χ1) is 8.76. The molecule has 0 saturated heterocycles. The largest absolute Gasteiger partial charge is 0.316 e. The van der Waals surface area contributed by atoms with E-state index in [1.807, 2.05) is 0 Å². The lowest BCUT2D eigenvalue weighted by molar-refractivity contribution is 0.162. The highest BCUT2D eigenvalue weighted by Gasteiger charge is 2.40. The zero-order valence-corrected chi connectivity index (χ0v) is 15.8. The maximum Gasteiger partial charge on any atom is 0.219 e. The summed E-state index contributed by atoms with van der Waals surface area (Å²) < 4.78 is 5.04. The van der Waals surface area contributed by atoms with Gasteiger partial charge in [-0.15, -0.1) is 0 Å². The van der Waals surface area contributed by atoms with Gasteiger partial charge >= 0.3 is 0 Å². The lowest BCUT2D eigenvalue weighted by atomic mass is 10.1. The van der Waals surface area contributed by atoms with Crippen LogP contribution >= 0.6 is 0 Å². The molecule has 4 heteroatoms. The molecule has 2 unspecified atom stereocenters. The molecule has 116 valence electrons. The van der Waals surface area contributed by atoms with Crippen molar-refractivity contribution in [2.75, 3.05) is 34.4 Å². The summed E-state index contributed by atoms with van der Waals surface area (Å²) in [5.74, 6) is 0. The molecule has 0 aromatic carbocycles. The third kappa shape index (κ3) is 4.55. The lowest BCUT2D eigenvalue weighted by Crippen LogP contribution is -2.68. The van der Waals surface area contributed by atoms with Crippen molar-refractivity contribution >= 4 is 8.40 Å². The minimum Gasteiger partial charge on any atom is -0.316 e. The van der Waals surface area contributed by atoms with Gasteiger partial charge < -0.3 is 9.13 Å². The second-order valence-corrected chi connectivity index (χ2v) is 11.1. The second kappa shape index (κ2) is 8.40. The highest BCUT2D eigenvalue weighted by atomic mass is 28.3. The van der Waals surface area contributed by atoms with Gasteiger partial charge in [0.15, 0.2) is 0 Å². The van der Waals surface area contributed by atoms with Gasteiger partial charge in [0.2, 0.25) is 8.40 Å². The van der Waals surface area contributed by atoms with Crippen molar-refractivity contribution in [2.45, 2.75) is 65.6 Å². The summed E-state index contributed by atoms with van der Waals surface area (Å²) in [6.07, 6.45) is 3.71. The van der Waals surface area contributed by atoms with Crippen LogP contribution < -0.4 is 0 Å². The van der Waals surface area contributed by atoms with Gasteiger partial charge in [-0.25, -0.2) is 0 Å². The summed E-state index contributed by atoms with van der Waals surface area (Å²) in [6.45, 7) is 11.7. The molecule has 0 rings (SSSR count). The Bertz CT molecular complexity index is 226. The van der Waals surface area contributed by atoms with Gasteiger partial charge in [0, 0.05) is 18.3 Å². The molecule has 0 spiro atoms. The molecule has 0 heterocycles. The van der Waals surface area contributed by atoms with Gasteiger partial charge in [0.25, 0.3) is 0 Å². The van der Waals surface area contributed by atoms with E-state index in [1.54, 1.807) is 0 Å². The van der Waals surface area contributed by atoms with Crippen LogP contribution in [0, 0.1) is 0 Å². The SMILES string of the molecule is CCC(C)N(C[Si](CC)(N(C)C)N(C)C)C(C)CC. The Morgan fingerprint density at radius 2 is 1.16 bits per heavy atom. The molecule has 0 aliphatic rings. The van der Waals surface area contributed by atoms with Crippen LogP contribution in [0.4, 0.5) is 0 Å². The van der Waals surface area contributed by atoms with E-state index in [9.17, 15) is 0 Å². The average Bonchev–Trinajstić information content (AvgIpc) is 2.37. The predicted octanol–water partition coefficient (Wildman–Crippen LogP) is 3.01. The Morgan fingerprint density at radius 1 is 0.789 bits per heavy atom. The number of nitrogens with zero attached hydrogens (tertiary/aromatic N) is 3. The highest BCUT2D eigenvalue weighted by Crippen LogP contribution is 2.21. The van der Waals surface area contributed by atoms with Crippen molar-refractivity contribution in [3.05, 3.63) is 0 Å². The summed E-state index contributed by atoms with van der Waals surface area (Å²) in [5, 5.41) is 0. The van der Waals surface area contributed by atoms with Crippen molar-refractivity contribution in [2.24, 2.45) is 0 Å². The fourth-order valence-corrected chi connectivity index (χ4v) is 7.00. The van der Waals surface area contributed by atoms with Crippen LogP contribution in [0.5, 0.6) is 0 Å². The summed E-state index contributed by atoms with van der Waals surface area (Å²) >= 11 is 0. The van der Waals surface area contributed by atoms with Crippen molar-refractivity contribution < 1.29 is 0 Å². The van der Waals surface area contributed by atoms with Crippen LogP contribution in [-0.2, 0) is 0 Å². The fourth-order valence-electron chi connectivity index (χ4n) is 2.93. The molecule has 0 aliphatic carbocycles. The maximum atomic E-state index is 2.75. The van der Waals surface area contributed by atoms with E-state index in [0.717, 1.165) is 0 Å². The van der Waals surface area contributed by atoms with Crippen LogP contribution in [0.1, 0.15) is 47.5 Å². The normalized spacial score (nSPS) is 16.4. The minimum atomic E-state index is -1.55. The molecule has 0 saturated carbocycles. The topological polar surface area (TPSA) is 9.72 Å². The van der Waals surface area contributed by atoms with Gasteiger partial charge in [0.1, 0.15) is 0 Å². The third-order valence-electron chi connectivity index (χ3n) is 4.98. The van der Waals surface area contributed by atoms with E-state index in [1.165, 1.54) is 25.1 Å². The zero-order chi connectivity index (χ0) is 15.2. The molecule has 0 N–H and O–H groups in total. The number of rotatable bonds is 9. The molecule has 0 fully saturated rings. The van der Waals surface area contributed by atoms with E-state index in [2.05, 4.69) is 76.8 Å². The van der Waals surface area contributed by atoms with Crippen molar-refractivity contribution in [3.8, 4) is 0 Å². The summed E-state index contributed by atoms with van der Waals surface area (Å²) in [6, 6.07) is 2.62. The van der Waals surface area contributed by atoms with Gasteiger partial charge in [-0.3, -0.25) is 4.90 Å². The predicted molar refractivity (Wildman–Crippen MR) is 89.8 cm³/mol. The minimum absolute atomic E-state index is 0.674. The Hall–Kier alpha value is 0.0969. The van der Waals surface area contributed by atoms with Crippen molar-refractivity contribution in [3.63, 3.8) is 0 Å². The Morgan fingerprint density at radius 3 is 1.37 bits per heavy atom. The van der Waals surface area contributed by atoms with Crippen LogP contribution in [0.15, 0.2) is 0 Å². The first kappa shape index (κ1) is 19.1. The summed E-state index contributed by atoms with van der Waals surface area (Å²) in [4.78, 5) is 2.75. The average molecular weight is 288 g/mol. The van der Waals surface area contributed by atoms with Gasteiger partial charge in [-0.2, -0.15) is 0 Å². The molecule has 0 aliphatic heterocycles. The molecule has 19 heavy (non-hydrogen) atoms. The fraction of sp³-hybridized carbons (Fsp3) is 1.00. The van der Waals surface area contributed by atoms with Crippen LogP contribution in [0.3, 0.4) is 0 Å². The van der Waals surface area contributed by atoms with Crippen molar-refractivity contribution in [1.29, 1.82) is 0 Å². The summed E-state index contributed by atoms with van der Waals surface area (Å²) in [7, 11) is 7.51. The van der Waals surface area contributed by atoms with Gasteiger partial charge in [-0.1, -0.05) is 20.8 Å². The maximum absolute atomic E-state index is 2.75. The quantitative estimate of drug-likeness (QED) is 0.604. The first-order valence-corrected chi connectivity index (χ1v) is 10.2. The monoisotopic (exact) mass is 287 g/mol. The smallest absolute Gasteiger partial charge is 0.219 e. The van der Waals surface area contributed by atoms with Gasteiger partial charge in [0.05, 0.1) is 0 Å². The van der Waals surface area contributed by atoms with E-state index in [4.69, 9.17) is 0 Å². The van der Waals surface area contributed by atoms with E-state index < -0.39 is 8.40 Å². The van der Waals surface area contributed by atoms with Crippen molar-refractivity contribution in [1.82, 2.24) is 14.0 Å². The molecule has 0 amide bonds. The first-order valence-electron chi connectivity index (χ1n) is 7.87.